The molecule has 1 amide bonds. The average Bonchev–Trinajstić information content (AvgIpc) is 3.25. The van der Waals surface area contributed by atoms with E-state index in [4.69, 9.17) is 21.3 Å². The smallest absolute Gasteiger partial charge is 0.240 e. The summed E-state index contributed by atoms with van der Waals surface area (Å²) in [5.41, 5.74) is 2.84. The van der Waals surface area contributed by atoms with Gasteiger partial charge in [-0.1, -0.05) is 23.7 Å². The van der Waals surface area contributed by atoms with Gasteiger partial charge in [0.05, 0.1) is 18.0 Å². The maximum Gasteiger partial charge on any atom is 0.240 e. The maximum absolute atomic E-state index is 12.0. The summed E-state index contributed by atoms with van der Waals surface area (Å²) in [6.07, 6.45) is 1.88. The summed E-state index contributed by atoms with van der Waals surface area (Å²) in [5, 5.41) is 6.41. The minimum absolute atomic E-state index is 0.0519. The van der Waals surface area contributed by atoms with Crippen LogP contribution in [-0.2, 0) is 16.1 Å². The molecule has 0 unspecified atom stereocenters. The molecule has 0 aliphatic carbocycles. The monoisotopic (exact) mass is 375 g/mol. The second-order valence-electron chi connectivity index (χ2n) is 5.41. The zero-order chi connectivity index (χ0) is 17.6. The van der Waals surface area contributed by atoms with Crippen LogP contribution in [0.4, 0.5) is 0 Å². The molecule has 0 atom stereocenters. The number of thiazole rings is 1. The zero-order valence-electron chi connectivity index (χ0n) is 13.7. The van der Waals surface area contributed by atoms with Crippen LogP contribution >= 0.6 is 22.9 Å². The van der Waals surface area contributed by atoms with Crippen LogP contribution in [0.3, 0.4) is 0 Å². The Balaban J connectivity index is 1.74. The number of rotatable bonds is 7. The Morgan fingerprint density at radius 3 is 2.88 bits per heavy atom. The van der Waals surface area contributed by atoms with Crippen molar-refractivity contribution in [3.05, 3.63) is 53.0 Å². The molecule has 3 rings (SSSR count). The van der Waals surface area contributed by atoms with E-state index in [1.807, 2.05) is 52.5 Å². The standard InChI is InChI=1S/C18H18ClN3O2S/c1-24-10-8-20-17(23)11-22-9-2-3-16(22)18-21-15(12-25-18)13-4-6-14(19)7-5-13/h2-7,9,12H,8,10-11H2,1H3,(H,20,23). The number of ether oxygens (including phenoxy) is 1. The molecule has 0 radical (unpaired) electrons. The van der Waals surface area contributed by atoms with Crippen molar-refractivity contribution in [1.29, 1.82) is 0 Å². The van der Waals surface area contributed by atoms with Crippen LogP contribution < -0.4 is 5.32 Å². The van der Waals surface area contributed by atoms with Crippen molar-refractivity contribution in [1.82, 2.24) is 14.9 Å². The molecule has 0 spiro atoms. The quantitative estimate of drug-likeness (QED) is 0.641. The van der Waals surface area contributed by atoms with E-state index in [2.05, 4.69) is 5.32 Å². The van der Waals surface area contributed by atoms with Crippen LogP contribution in [-0.4, -0.2) is 35.7 Å². The van der Waals surface area contributed by atoms with Crippen molar-refractivity contribution in [2.75, 3.05) is 20.3 Å². The van der Waals surface area contributed by atoms with E-state index in [-0.39, 0.29) is 12.5 Å². The Morgan fingerprint density at radius 1 is 1.32 bits per heavy atom. The van der Waals surface area contributed by atoms with Crippen LogP contribution in [0, 0.1) is 0 Å². The number of carbonyl (C=O) groups is 1. The molecule has 0 bridgehead atoms. The highest BCUT2D eigenvalue weighted by Gasteiger charge is 2.12. The molecule has 0 saturated carbocycles. The van der Waals surface area contributed by atoms with Crippen molar-refractivity contribution < 1.29 is 9.53 Å². The van der Waals surface area contributed by atoms with Gasteiger partial charge in [-0.25, -0.2) is 4.98 Å². The molecule has 0 aliphatic rings. The predicted octanol–water partition coefficient (Wildman–Crippen LogP) is 3.69. The van der Waals surface area contributed by atoms with E-state index in [9.17, 15) is 4.79 Å². The average molecular weight is 376 g/mol. The first-order chi connectivity index (χ1) is 12.2. The highest BCUT2D eigenvalue weighted by Crippen LogP contribution is 2.29. The Kier molecular flexibility index (Phi) is 5.86. The number of hydrogen-bond donors (Lipinski definition) is 1. The first-order valence-electron chi connectivity index (χ1n) is 7.80. The zero-order valence-corrected chi connectivity index (χ0v) is 15.3. The predicted molar refractivity (Wildman–Crippen MR) is 101 cm³/mol. The highest BCUT2D eigenvalue weighted by molar-refractivity contribution is 7.13. The third kappa shape index (κ3) is 4.48. The van der Waals surface area contributed by atoms with Crippen molar-refractivity contribution in [2.45, 2.75) is 6.54 Å². The second kappa shape index (κ2) is 8.29. The highest BCUT2D eigenvalue weighted by atomic mass is 35.5. The van der Waals surface area contributed by atoms with Gasteiger partial charge in [-0.15, -0.1) is 11.3 Å². The van der Waals surface area contributed by atoms with E-state index < -0.39 is 0 Å². The SMILES string of the molecule is COCCNC(=O)Cn1cccc1-c1nc(-c2ccc(Cl)cc2)cs1. The topological polar surface area (TPSA) is 56.1 Å². The Labute approximate surface area is 155 Å². The van der Waals surface area contributed by atoms with Crippen molar-refractivity contribution in [3.63, 3.8) is 0 Å². The van der Waals surface area contributed by atoms with Gasteiger partial charge in [0, 0.05) is 35.8 Å². The lowest BCUT2D eigenvalue weighted by Crippen LogP contribution is -2.30. The summed E-state index contributed by atoms with van der Waals surface area (Å²) in [4.78, 5) is 16.7. The number of hydrogen-bond acceptors (Lipinski definition) is 4. The molecule has 1 aromatic carbocycles. The van der Waals surface area contributed by atoms with Gasteiger partial charge in [0.15, 0.2) is 0 Å². The number of aromatic nitrogens is 2. The molecular weight excluding hydrogens is 358 g/mol. The molecule has 1 N–H and O–H groups in total. The first-order valence-corrected chi connectivity index (χ1v) is 9.06. The van der Waals surface area contributed by atoms with Gasteiger partial charge in [0.1, 0.15) is 11.6 Å². The van der Waals surface area contributed by atoms with E-state index in [1.165, 1.54) is 0 Å². The molecule has 0 fully saturated rings. The Hall–Kier alpha value is -2.15. The molecule has 130 valence electrons. The number of amides is 1. The van der Waals surface area contributed by atoms with Gasteiger partial charge in [0.2, 0.25) is 5.91 Å². The maximum atomic E-state index is 12.0. The number of halogens is 1. The van der Waals surface area contributed by atoms with Crippen molar-refractivity contribution >= 4 is 28.8 Å². The molecular formula is C18H18ClN3O2S. The summed E-state index contributed by atoms with van der Waals surface area (Å²) in [5.74, 6) is -0.0519. The number of nitrogens with zero attached hydrogens (tertiary/aromatic N) is 2. The molecule has 0 saturated heterocycles. The fourth-order valence-electron chi connectivity index (χ4n) is 2.39. The van der Waals surface area contributed by atoms with Gasteiger partial charge in [-0.3, -0.25) is 4.79 Å². The van der Waals surface area contributed by atoms with Gasteiger partial charge in [-0.05, 0) is 24.3 Å². The number of benzene rings is 1. The van der Waals surface area contributed by atoms with Crippen molar-refractivity contribution in [3.8, 4) is 22.0 Å². The van der Waals surface area contributed by atoms with E-state index in [1.54, 1.807) is 18.4 Å². The first kappa shape index (κ1) is 17.7. The molecule has 0 aliphatic heterocycles. The molecule has 2 heterocycles. The summed E-state index contributed by atoms with van der Waals surface area (Å²) in [6.45, 7) is 1.26. The molecule has 3 aromatic rings. The number of carbonyl (C=O) groups excluding carboxylic acids is 1. The molecule has 5 nitrogen and oxygen atoms in total. The fraction of sp³-hybridized carbons (Fsp3) is 0.222. The van der Waals surface area contributed by atoms with Crippen LogP contribution in [0.1, 0.15) is 0 Å². The molecule has 7 heteroatoms. The summed E-state index contributed by atoms with van der Waals surface area (Å²) < 4.78 is 6.83. The van der Waals surface area contributed by atoms with Crippen LogP contribution in [0.25, 0.3) is 22.0 Å². The minimum atomic E-state index is -0.0519. The summed E-state index contributed by atoms with van der Waals surface area (Å²) in [7, 11) is 1.61. The summed E-state index contributed by atoms with van der Waals surface area (Å²) >= 11 is 7.49. The minimum Gasteiger partial charge on any atom is -0.383 e. The Bertz CT molecular complexity index is 842. The lowest BCUT2D eigenvalue weighted by atomic mass is 10.2. The third-order valence-electron chi connectivity index (χ3n) is 3.64. The van der Waals surface area contributed by atoms with Gasteiger partial charge < -0.3 is 14.6 Å². The molecule has 2 aromatic heterocycles. The van der Waals surface area contributed by atoms with Gasteiger partial charge >= 0.3 is 0 Å². The second-order valence-corrected chi connectivity index (χ2v) is 6.70. The third-order valence-corrected chi connectivity index (χ3v) is 4.75. The van der Waals surface area contributed by atoms with Gasteiger partial charge in [-0.2, -0.15) is 0 Å². The van der Waals surface area contributed by atoms with Crippen LogP contribution in [0.5, 0.6) is 0 Å². The van der Waals surface area contributed by atoms with Crippen LogP contribution in [0.2, 0.25) is 5.02 Å². The molecule has 25 heavy (non-hydrogen) atoms. The fourth-order valence-corrected chi connectivity index (χ4v) is 3.39. The van der Waals surface area contributed by atoms with E-state index in [0.29, 0.717) is 18.2 Å². The van der Waals surface area contributed by atoms with Gasteiger partial charge in [0.25, 0.3) is 0 Å². The Morgan fingerprint density at radius 2 is 2.12 bits per heavy atom. The lowest BCUT2D eigenvalue weighted by molar-refractivity contribution is -0.121. The van der Waals surface area contributed by atoms with Crippen LogP contribution in [0.15, 0.2) is 48.0 Å². The van der Waals surface area contributed by atoms with Crippen molar-refractivity contribution in [2.24, 2.45) is 0 Å². The summed E-state index contributed by atoms with van der Waals surface area (Å²) in [6, 6.07) is 11.5. The number of methoxy groups -OCH3 is 1. The van der Waals surface area contributed by atoms with E-state index in [0.717, 1.165) is 22.0 Å². The van der Waals surface area contributed by atoms with E-state index >= 15 is 0 Å². The number of nitrogens with one attached hydrogen (secondary N) is 1. The lowest BCUT2D eigenvalue weighted by Gasteiger charge is -2.08. The normalized spacial score (nSPS) is 10.8. The largest absolute Gasteiger partial charge is 0.383 e.